The first-order valence-corrected chi connectivity index (χ1v) is 6.84. The second-order valence-electron chi connectivity index (χ2n) is 5.24. The number of carboxylic acid groups (broad SMARTS) is 1. The third kappa shape index (κ3) is 3.57. The van der Waals surface area contributed by atoms with Crippen molar-refractivity contribution in [2.75, 3.05) is 13.2 Å². The maximum Gasteiger partial charge on any atom is 0.335 e. The van der Waals surface area contributed by atoms with Crippen LogP contribution < -0.4 is 0 Å². The van der Waals surface area contributed by atoms with E-state index in [9.17, 15) is 4.79 Å². The zero-order valence-electron chi connectivity index (χ0n) is 11.9. The molecule has 1 aromatic heterocycles. The molecule has 2 rings (SSSR count). The number of nitrogens with zero attached hydrogens (tertiary/aromatic N) is 2. The van der Waals surface area contributed by atoms with E-state index in [1.54, 1.807) is 24.5 Å². The minimum atomic E-state index is -0.923. The zero-order valence-corrected chi connectivity index (χ0v) is 11.9. The quantitative estimate of drug-likeness (QED) is 0.790. The molecule has 0 amide bonds. The average molecular weight is 276 g/mol. The normalized spacial score (nSPS) is 11.3. The molecule has 108 valence electrons. The molecule has 2 aromatic rings. The molecule has 0 unspecified atom stereocenters. The van der Waals surface area contributed by atoms with Gasteiger partial charge in [-0.2, -0.15) is 0 Å². The maximum atomic E-state index is 11.0. The van der Waals surface area contributed by atoms with Crippen molar-refractivity contribution >= 4 is 17.0 Å². The molecule has 0 bridgehead atoms. The minimum absolute atomic E-state index is 0.278. The lowest BCUT2D eigenvalue weighted by molar-refractivity contribution is 0.0697. The topological polar surface area (TPSA) is 64.4 Å². The van der Waals surface area contributed by atoms with Gasteiger partial charge in [0.25, 0.3) is 0 Å². The molecule has 5 heteroatoms. The van der Waals surface area contributed by atoms with Gasteiger partial charge in [-0.05, 0) is 30.5 Å². The molecule has 1 heterocycles. The predicted octanol–water partition coefficient (Wildman–Crippen LogP) is 2.80. The highest BCUT2D eigenvalue weighted by molar-refractivity contribution is 5.92. The maximum absolute atomic E-state index is 11.0. The van der Waals surface area contributed by atoms with E-state index in [1.807, 2.05) is 4.57 Å². The number of fused-ring (bicyclic) bond motifs is 1. The summed E-state index contributed by atoms with van der Waals surface area (Å²) in [5, 5.41) is 9.02. The number of imidazole rings is 1. The third-order valence-electron chi connectivity index (χ3n) is 3.18. The van der Waals surface area contributed by atoms with Gasteiger partial charge in [0.1, 0.15) is 0 Å². The molecular formula is C15H20N2O3. The summed E-state index contributed by atoms with van der Waals surface area (Å²) in [6.45, 7) is 6.37. The second kappa shape index (κ2) is 6.52. The Morgan fingerprint density at radius 1 is 1.40 bits per heavy atom. The van der Waals surface area contributed by atoms with Gasteiger partial charge in [-0.1, -0.05) is 13.8 Å². The van der Waals surface area contributed by atoms with Gasteiger partial charge in [-0.15, -0.1) is 0 Å². The van der Waals surface area contributed by atoms with Crippen molar-refractivity contribution in [1.29, 1.82) is 0 Å². The molecule has 1 N–H and O–H groups in total. The van der Waals surface area contributed by atoms with Crippen LogP contribution in [0, 0.1) is 5.92 Å². The van der Waals surface area contributed by atoms with Gasteiger partial charge in [0.15, 0.2) is 0 Å². The molecule has 20 heavy (non-hydrogen) atoms. The van der Waals surface area contributed by atoms with Crippen LogP contribution in [0.2, 0.25) is 0 Å². The standard InChI is InChI=1S/C15H20N2O3/c1-11(2)5-7-20-8-6-17-10-16-13-4-3-12(15(18)19)9-14(13)17/h3-4,9-11H,5-8H2,1-2H3,(H,18,19). The van der Waals surface area contributed by atoms with Gasteiger partial charge in [0, 0.05) is 13.2 Å². The molecule has 0 saturated heterocycles. The molecule has 0 atom stereocenters. The van der Waals surface area contributed by atoms with Gasteiger partial charge < -0.3 is 14.4 Å². The van der Waals surface area contributed by atoms with Crippen molar-refractivity contribution in [3.05, 3.63) is 30.1 Å². The summed E-state index contributed by atoms with van der Waals surface area (Å²) in [5.41, 5.74) is 1.91. The average Bonchev–Trinajstić information content (AvgIpc) is 2.80. The monoisotopic (exact) mass is 276 g/mol. The van der Waals surface area contributed by atoms with E-state index in [4.69, 9.17) is 9.84 Å². The van der Waals surface area contributed by atoms with Crippen LogP contribution in [0.3, 0.4) is 0 Å². The van der Waals surface area contributed by atoms with Gasteiger partial charge >= 0.3 is 5.97 Å². The number of carbonyl (C=O) groups is 1. The lowest BCUT2D eigenvalue weighted by Crippen LogP contribution is -2.07. The molecule has 5 nitrogen and oxygen atoms in total. The molecule has 0 fully saturated rings. The Bertz CT molecular complexity index is 590. The van der Waals surface area contributed by atoms with Crippen LogP contribution in [0.15, 0.2) is 24.5 Å². The lowest BCUT2D eigenvalue weighted by atomic mass is 10.1. The Labute approximate surface area is 118 Å². The highest BCUT2D eigenvalue weighted by Crippen LogP contribution is 2.15. The smallest absolute Gasteiger partial charge is 0.335 e. The second-order valence-corrected chi connectivity index (χ2v) is 5.24. The van der Waals surface area contributed by atoms with Crippen LogP contribution in [0.1, 0.15) is 30.6 Å². The number of ether oxygens (including phenoxy) is 1. The molecular weight excluding hydrogens is 256 g/mol. The molecule has 0 radical (unpaired) electrons. The van der Waals surface area contributed by atoms with Crippen LogP contribution in [0.25, 0.3) is 11.0 Å². The minimum Gasteiger partial charge on any atom is -0.478 e. The molecule has 0 aliphatic carbocycles. The zero-order chi connectivity index (χ0) is 14.5. The Hall–Kier alpha value is -1.88. The van der Waals surface area contributed by atoms with E-state index in [-0.39, 0.29) is 5.56 Å². The molecule has 0 saturated carbocycles. The number of carboxylic acids is 1. The fourth-order valence-electron chi connectivity index (χ4n) is 1.95. The van der Waals surface area contributed by atoms with Crippen LogP contribution in [0.4, 0.5) is 0 Å². The number of hydrogen-bond donors (Lipinski definition) is 1. The van der Waals surface area contributed by atoms with Crippen molar-refractivity contribution in [3.63, 3.8) is 0 Å². The third-order valence-corrected chi connectivity index (χ3v) is 3.18. The summed E-state index contributed by atoms with van der Waals surface area (Å²) in [4.78, 5) is 15.2. The lowest BCUT2D eigenvalue weighted by Gasteiger charge is -2.08. The van der Waals surface area contributed by atoms with Crippen LogP contribution >= 0.6 is 0 Å². The van der Waals surface area contributed by atoms with Crippen molar-refractivity contribution in [1.82, 2.24) is 9.55 Å². The van der Waals surface area contributed by atoms with Gasteiger partial charge in [0.05, 0.1) is 29.5 Å². The number of rotatable bonds is 7. The summed E-state index contributed by atoms with van der Waals surface area (Å²) in [6.07, 6.45) is 2.77. The summed E-state index contributed by atoms with van der Waals surface area (Å²) < 4.78 is 7.51. The number of aromatic nitrogens is 2. The molecule has 1 aromatic carbocycles. The van der Waals surface area contributed by atoms with Crippen molar-refractivity contribution in [2.45, 2.75) is 26.8 Å². The molecule has 0 aliphatic heterocycles. The van der Waals surface area contributed by atoms with Gasteiger partial charge in [-0.25, -0.2) is 9.78 Å². The number of aromatic carboxylic acids is 1. The summed E-state index contributed by atoms with van der Waals surface area (Å²) in [7, 11) is 0. The Kier molecular flexibility index (Phi) is 4.74. The van der Waals surface area contributed by atoms with Crippen molar-refractivity contribution < 1.29 is 14.6 Å². The van der Waals surface area contributed by atoms with Crippen LogP contribution in [-0.2, 0) is 11.3 Å². The van der Waals surface area contributed by atoms with E-state index in [1.165, 1.54) is 0 Å². The number of benzene rings is 1. The SMILES string of the molecule is CC(C)CCOCCn1cnc2ccc(C(=O)O)cc21. The van der Waals surface area contributed by atoms with Crippen LogP contribution in [-0.4, -0.2) is 33.8 Å². The van der Waals surface area contributed by atoms with Crippen molar-refractivity contribution in [3.8, 4) is 0 Å². The highest BCUT2D eigenvalue weighted by Gasteiger charge is 2.07. The van der Waals surface area contributed by atoms with Gasteiger partial charge in [-0.3, -0.25) is 0 Å². The van der Waals surface area contributed by atoms with Crippen molar-refractivity contribution in [2.24, 2.45) is 5.92 Å². The fraction of sp³-hybridized carbons (Fsp3) is 0.467. The Morgan fingerprint density at radius 3 is 2.90 bits per heavy atom. The predicted molar refractivity (Wildman–Crippen MR) is 77.0 cm³/mol. The van der Waals surface area contributed by atoms with E-state index in [2.05, 4.69) is 18.8 Å². The Morgan fingerprint density at radius 2 is 2.20 bits per heavy atom. The van der Waals surface area contributed by atoms with Gasteiger partial charge in [0.2, 0.25) is 0 Å². The molecule has 0 spiro atoms. The highest BCUT2D eigenvalue weighted by atomic mass is 16.5. The summed E-state index contributed by atoms with van der Waals surface area (Å²) >= 11 is 0. The first-order chi connectivity index (χ1) is 9.58. The first kappa shape index (κ1) is 14.5. The van der Waals surface area contributed by atoms with E-state index in [0.717, 1.165) is 24.1 Å². The largest absolute Gasteiger partial charge is 0.478 e. The number of hydrogen-bond acceptors (Lipinski definition) is 3. The first-order valence-electron chi connectivity index (χ1n) is 6.84. The van der Waals surface area contributed by atoms with E-state index in [0.29, 0.717) is 19.1 Å². The summed E-state index contributed by atoms with van der Waals surface area (Å²) in [5.74, 6) is -0.282. The van der Waals surface area contributed by atoms with Crippen LogP contribution in [0.5, 0.6) is 0 Å². The van der Waals surface area contributed by atoms with E-state index >= 15 is 0 Å². The molecule has 0 aliphatic rings. The van der Waals surface area contributed by atoms with E-state index < -0.39 is 5.97 Å². The Balaban J connectivity index is 1.99. The summed E-state index contributed by atoms with van der Waals surface area (Å²) in [6, 6.07) is 4.95. The fourth-order valence-corrected chi connectivity index (χ4v) is 1.95.